The van der Waals surface area contributed by atoms with E-state index in [0.717, 1.165) is 37.1 Å². The number of carbonyl (C=O) groups excluding carboxylic acids is 1. The molecule has 0 spiro atoms. The number of aromatic amines is 1. The molecule has 2 heterocycles. The van der Waals surface area contributed by atoms with Crippen molar-refractivity contribution in [3.8, 4) is 0 Å². The monoisotopic (exact) mass is 410 g/mol. The van der Waals surface area contributed by atoms with Gasteiger partial charge in [0, 0.05) is 22.0 Å². The molecule has 0 atom stereocenters. The normalized spacial score (nSPS) is 15.0. The number of benzene rings is 3. The predicted octanol–water partition coefficient (Wildman–Crippen LogP) is 3.61. The zero-order chi connectivity index (χ0) is 21.2. The summed E-state index contributed by atoms with van der Waals surface area (Å²) in [4.78, 5) is 20.0. The Morgan fingerprint density at radius 1 is 0.871 bits per heavy atom. The standard InChI is InChI=1S/C27H27N3O/c1-20-12-13-24-23(18-20)19-25(28-24)27(31)30-16-14-29(15-17-30)26(21-8-4-2-5-9-21)22-10-6-3-7-11-22/h2-13,18-19,26,28H,14-17H2,1H3/p+1. The molecular weight excluding hydrogens is 382 g/mol. The minimum absolute atomic E-state index is 0.101. The second-order valence-corrected chi connectivity index (χ2v) is 8.48. The first-order chi connectivity index (χ1) is 15.2. The molecule has 4 nitrogen and oxygen atoms in total. The SMILES string of the molecule is Cc1ccc2[nH]c(C(=O)N3CC[NH+](C(c4ccccc4)c4ccccc4)CC3)cc2c1. The van der Waals surface area contributed by atoms with Gasteiger partial charge in [-0.2, -0.15) is 0 Å². The van der Waals surface area contributed by atoms with Gasteiger partial charge < -0.3 is 14.8 Å². The van der Waals surface area contributed by atoms with Crippen molar-refractivity contribution in [1.29, 1.82) is 0 Å². The summed E-state index contributed by atoms with van der Waals surface area (Å²) in [6.45, 7) is 5.46. The zero-order valence-corrected chi connectivity index (χ0v) is 17.8. The van der Waals surface area contributed by atoms with Crippen LogP contribution in [0.15, 0.2) is 84.9 Å². The van der Waals surface area contributed by atoms with E-state index in [0.29, 0.717) is 5.69 Å². The fraction of sp³-hybridized carbons (Fsp3) is 0.222. The topological polar surface area (TPSA) is 40.5 Å². The fourth-order valence-corrected chi connectivity index (χ4v) is 4.78. The number of aryl methyl sites for hydroxylation is 1. The molecule has 1 fully saturated rings. The van der Waals surface area contributed by atoms with Crippen LogP contribution in [0.25, 0.3) is 10.9 Å². The molecule has 0 saturated carbocycles. The highest BCUT2D eigenvalue weighted by molar-refractivity contribution is 5.98. The number of quaternary nitrogens is 1. The summed E-state index contributed by atoms with van der Waals surface area (Å²) in [6, 6.07) is 30.0. The van der Waals surface area contributed by atoms with E-state index < -0.39 is 0 Å². The van der Waals surface area contributed by atoms with Crippen LogP contribution in [0.3, 0.4) is 0 Å². The number of H-pyrrole nitrogens is 1. The van der Waals surface area contributed by atoms with Crippen LogP contribution in [0.1, 0.15) is 33.2 Å². The minimum atomic E-state index is 0.101. The largest absolute Gasteiger partial charge is 0.351 e. The van der Waals surface area contributed by atoms with Crippen molar-refractivity contribution in [2.24, 2.45) is 0 Å². The third-order valence-corrected chi connectivity index (χ3v) is 6.37. The van der Waals surface area contributed by atoms with Crippen molar-refractivity contribution in [3.05, 3.63) is 107 Å². The van der Waals surface area contributed by atoms with Crippen LogP contribution in [-0.4, -0.2) is 42.0 Å². The molecule has 1 amide bonds. The van der Waals surface area contributed by atoms with Gasteiger partial charge in [0.15, 0.2) is 0 Å². The molecule has 0 radical (unpaired) electrons. The Labute approximate surface area is 183 Å². The van der Waals surface area contributed by atoms with Gasteiger partial charge in [-0.3, -0.25) is 4.79 Å². The summed E-state index contributed by atoms with van der Waals surface area (Å²) < 4.78 is 0. The highest BCUT2D eigenvalue weighted by atomic mass is 16.2. The first-order valence-electron chi connectivity index (χ1n) is 11.0. The Balaban J connectivity index is 1.34. The van der Waals surface area contributed by atoms with Gasteiger partial charge in [0.1, 0.15) is 11.7 Å². The highest BCUT2D eigenvalue weighted by Crippen LogP contribution is 2.20. The molecule has 156 valence electrons. The van der Waals surface area contributed by atoms with Crippen LogP contribution in [-0.2, 0) is 0 Å². The summed E-state index contributed by atoms with van der Waals surface area (Å²) in [7, 11) is 0. The van der Waals surface area contributed by atoms with E-state index in [9.17, 15) is 4.79 Å². The van der Waals surface area contributed by atoms with Crippen molar-refractivity contribution in [1.82, 2.24) is 9.88 Å². The second-order valence-electron chi connectivity index (χ2n) is 8.48. The van der Waals surface area contributed by atoms with Crippen LogP contribution < -0.4 is 4.90 Å². The molecule has 1 aliphatic heterocycles. The van der Waals surface area contributed by atoms with Crippen LogP contribution in [0.4, 0.5) is 0 Å². The van der Waals surface area contributed by atoms with Gasteiger partial charge in [0.2, 0.25) is 0 Å². The molecule has 0 bridgehead atoms. The van der Waals surface area contributed by atoms with Crippen LogP contribution in [0.2, 0.25) is 0 Å². The highest BCUT2D eigenvalue weighted by Gasteiger charge is 2.32. The maximum Gasteiger partial charge on any atom is 0.270 e. The Hall–Kier alpha value is -3.37. The molecule has 3 aromatic carbocycles. The van der Waals surface area contributed by atoms with E-state index >= 15 is 0 Å². The molecule has 0 unspecified atom stereocenters. The zero-order valence-electron chi connectivity index (χ0n) is 17.8. The van der Waals surface area contributed by atoms with Crippen LogP contribution >= 0.6 is 0 Å². The van der Waals surface area contributed by atoms with Crippen LogP contribution in [0, 0.1) is 6.92 Å². The van der Waals surface area contributed by atoms with Gasteiger partial charge in [-0.15, -0.1) is 0 Å². The number of carbonyl (C=O) groups is 1. The number of hydrogen-bond acceptors (Lipinski definition) is 1. The Bertz CT molecular complexity index is 1140. The summed E-state index contributed by atoms with van der Waals surface area (Å²) in [5.41, 5.74) is 5.57. The van der Waals surface area contributed by atoms with E-state index in [-0.39, 0.29) is 11.9 Å². The van der Waals surface area contributed by atoms with Crippen molar-refractivity contribution in [2.75, 3.05) is 26.2 Å². The van der Waals surface area contributed by atoms with Gasteiger partial charge in [-0.1, -0.05) is 72.3 Å². The third-order valence-electron chi connectivity index (χ3n) is 6.37. The number of hydrogen-bond donors (Lipinski definition) is 2. The molecule has 0 aliphatic carbocycles. The smallest absolute Gasteiger partial charge is 0.270 e. The molecule has 2 N–H and O–H groups in total. The summed E-state index contributed by atoms with van der Waals surface area (Å²) >= 11 is 0. The second kappa shape index (κ2) is 8.40. The molecule has 1 aromatic heterocycles. The van der Waals surface area contributed by atoms with Gasteiger partial charge in [-0.25, -0.2) is 0 Å². The van der Waals surface area contributed by atoms with E-state index in [2.05, 4.69) is 84.7 Å². The van der Waals surface area contributed by atoms with Crippen molar-refractivity contribution in [3.63, 3.8) is 0 Å². The lowest BCUT2D eigenvalue weighted by Gasteiger charge is -2.37. The maximum absolute atomic E-state index is 13.2. The summed E-state index contributed by atoms with van der Waals surface area (Å²) in [5, 5.41) is 1.10. The molecule has 4 aromatic rings. The number of amides is 1. The van der Waals surface area contributed by atoms with Crippen molar-refractivity contribution in [2.45, 2.75) is 13.0 Å². The molecule has 4 heteroatoms. The third kappa shape index (κ3) is 3.99. The Morgan fingerprint density at radius 3 is 2.10 bits per heavy atom. The van der Waals surface area contributed by atoms with E-state index in [1.165, 1.54) is 21.6 Å². The number of nitrogens with zero attached hydrogens (tertiary/aromatic N) is 1. The number of aromatic nitrogens is 1. The summed E-state index contributed by atoms with van der Waals surface area (Å²) in [5.74, 6) is 0.101. The maximum atomic E-state index is 13.2. The predicted molar refractivity (Wildman–Crippen MR) is 124 cm³/mol. The van der Waals surface area contributed by atoms with Crippen molar-refractivity contribution < 1.29 is 9.69 Å². The average Bonchev–Trinajstić information content (AvgIpc) is 3.24. The minimum Gasteiger partial charge on any atom is -0.351 e. The molecule has 1 aliphatic rings. The lowest BCUT2D eigenvalue weighted by atomic mass is 9.96. The van der Waals surface area contributed by atoms with E-state index in [1.807, 2.05) is 17.0 Å². The van der Waals surface area contributed by atoms with E-state index in [4.69, 9.17) is 0 Å². The van der Waals surface area contributed by atoms with Gasteiger partial charge in [0.25, 0.3) is 5.91 Å². The van der Waals surface area contributed by atoms with E-state index in [1.54, 1.807) is 0 Å². The lowest BCUT2D eigenvalue weighted by molar-refractivity contribution is -0.929. The number of piperazine rings is 1. The number of fused-ring (bicyclic) bond motifs is 1. The molecule has 1 saturated heterocycles. The first kappa shape index (κ1) is 19.6. The van der Waals surface area contributed by atoms with Crippen LogP contribution in [0.5, 0.6) is 0 Å². The molecular formula is C27H28N3O+. The van der Waals surface area contributed by atoms with Gasteiger partial charge in [0.05, 0.1) is 26.2 Å². The Kier molecular flexibility index (Phi) is 5.31. The summed E-state index contributed by atoms with van der Waals surface area (Å²) in [6.07, 6.45) is 0. The molecule has 31 heavy (non-hydrogen) atoms. The van der Waals surface area contributed by atoms with Gasteiger partial charge >= 0.3 is 0 Å². The quantitative estimate of drug-likeness (QED) is 0.530. The first-order valence-corrected chi connectivity index (χ1v) is 11.0. The fourth-order valence-electron chi connectivity index (χ4n) is 4.78. The lowest BCUT2D eigenvalue weighted by Crippen LogP contribution is -3.15. The van der Waals surface area contributed by atoms with Crippen molar-refractivity contribution >= 4 is 16.8 Å². The Morgan fingerprint density at radius 2 is 1.48 bits per heavy atom. The molecule has 5 rings (SSSR count). The number of nitrogens with one attached hydrogen (secondary N) is 2. The number of rotatable bonds is 4. The van der Waals surface area contributed by atoms with Gasteiger partial charge in [-0.05, 0) is 25.1 Å². The average molecular weight is 411 g/mol.